The molecule has 0 spiro atoms. The number of halogens is 4. The number of aromatic nitrogens is 2. The van der Waals surface area contributed by atoms with Crippen LogP contribution in [0.3, 0.4) is 0 Å². The summed E-state index contributed by atoms with van der Waals surface area (Å²) in [6.07, 6.45) is -3.17. The Morgan fingerprint density at radius 2 is 1.85 bits per heavy atom. The van der Waals surface area contributed by atoms with E-state index in [1.807, 2.05) is 22.6 Å². The fourth-order valence-electron chi connectivity index (χ4n) is 3.21. The number of carbonyl (C=O) groups excluding carboxylic acids is 1. The molecule has 4 aromatic rings. The SMILES string of the molecule is CC(=O)Oc1ccc(C=Nn2c(-c3cccc(C(F)(F)F)c3)nc3ccccc3c2=O)cc1I. The van der Waals surface area contributed by atoms with Crippen LogP contribution < -0.4 is 10.3 Å². The summed E-state index contributed by atoms with van der Waals surface area (Å²) in [7, 11) is 0. The number of para-hydroxylation sites is 1. The van der Waals surface area contributed by atoms with Crippen molar-refractivity contribution in [1.82, 2.24) is 9.66 Å². The maximum atomic E-state index is 13.3. The summed E-state index contributed by atoms with van der Waals surface area (Å²) >= 11 is 1.99. The topological polar surface area (TPSA) is 73.5 Å². The number of alkyl halides is 3. The van der Waals surface area contributed by atoms with Gasteiger partial charge in [-0.25, -0.2) is 4.98 Å². The Hall–Kier alpha value is -3.54. The zero-order valence-corrected chi connectivity index (χ0v) is 19.7. The number of esters is 1. The molecule has 0 saturated heterocycles. The largest absolute Gasteiger partial charge is 0.426 e. The smallest absolute Gasteiger partial charge is 0.416 e. The number of nitrogens with zero attached hydrogens (tertiary/aromatic N) is 3. The van der Waals surface area contributed by atoms with E-state index in [0.717, 1.165) is 16.8 Å². The van der Waals surface area contributed by atoms with Crippen LogP contribution in [0.15, 0.2) is 76.6 Å². The van der Waals surface area contributed by atoms with Gasteiger partial charge in [-0.2, -0.15) is 22.9 Å². The molecule has 1 aromatic heterocycles. The van der Waals surface area contributed by atoms with Gasteiger partial charge in [0.1, 0.15) is 5.75 Å². The monoisotopic (exact) mass is 577 g/mol. The Labute approximate surface area is 204 Å². The molecule has 0 amide bonds. The van der Waals surface area contributed by atoms with E-state index in [1.54, 1.807) is 42.5 Å². The van der Waals surface area contributed by atoms with Crippen molar-refractivity contribution in [3.63, 3.8) is 0 Å². The molecule has 3 aromatic carbocycles. The molecule has 0 fully saturated rings. The molecule has 0 unspecified atom stereocenters. The van der Waals surface area contributed by atoms with Gasteiger partial charge >= 0.3 is 12.1 Å². The van der Waals surface area contributed by atoms with E-state index < -0.39 is 23.3 Å². The number of fused-ring (bicyclic) bond motifs is 1. The molecule has 0 aliphatic carbocycles. The maximum Gasteiger partial charge on any atom is 0.416 e. The maximum absolute atomic E-state index is 13.3. The predicted molar refractivity (Wildman–Crippen MR) is 130 cm³/mol. The Morgan fingerprint density at radius 3 is 2.56 bits per heavy atom. The average Bonchev–Trinajstić information content (AvgIpc) is 2.79. The molecule has 0 aliphatic rings. The lowest BCUT2D eigenvalue weighted by Crippen LogP contribution is -2.20. The van der Waals surface area contributed by atoms with Crippen LogP contribution in [0.4, 0.5) is 13.2 Å². The standard InChI is InChI=1S/C24H15F3IN3O3/c1-14(32)34-21-10-9-15(11-19(21)28)13-29-31-22(16-5-4-6-17(12-16)24(25,26)27)30-20-8-3-2-7-18(20)23(31)33/h2-13H,1H3. The van der Waals surface area contributed by atoms with Gasteiger partial charge in [-0.1, -0.05) is 24.3 Å². The Balaban J connectivity index is 1.86. The first-order chi connectivity index (χ1) is 16.1. The molecule has 0 aliphatic heterocycles. The minimum Gasteiger partial charge on any atom is -0.426 e. The van der Waals surface area contributed by atoms with E-state index in [-0.39, 0.29) is 16.8 Å². The van der Waals surface area contributed by atoms with E-state index in [2.05, 4.69) is 10.1 Å². The molecule has 34 heavy (non-hydrogen) atoms. The first kappa shape index (κ1) is 23.6. The highest BCUT2D eigenvalue weighted by Crippen LogP contribution is 2.32. The van der Waals surface area contributed by atoms with Crippen LogP contribution in [-0.4, -0.2) is 21.8 Å². The van der Waals surface area contributed by atoms with Crippen LogP contribution >= 0.6 is 22.6 Å². The normalized spacial score (nSPS) is 11.8. The third-order valence-corrected chi connectivity index (χ3v) is 5.58. The zero-order valence-electron chi connectivity index (χ0n) is 17.5. The van der Waals surface area contributed by atoms with E-state index in [1.165, 1.54) is 25.3 Å². The predicted octanol–water partition coefficient (Wildman–Crippen LogP) is 5.49. The first-order valence-corrected chi connectivity index (χ1v) is 10.9. The lowest BCUT2D eigenvalue weighted by molar-refractivity contribution is -0.137. The summed E-state index contributed by atoms with van der Waals surface area (Å²) in [6, 6.07) is 16.0. The quantitative estimate of drug-likeness (QED) is 0.139. The summed E-state index contributed by atoms with van der Waals surface area (Å²) in [5.74, 6) is -0.115. The minimum atomic E-state index is -4.55. The van der Waals surface area contributed by atoms with Crippen molar-refractivity contribution in [2.45, 2.75) is 13.1 Å². The number of ether oxygens (including phenoxy) is 1. The van der Waals surface area contributed by atoms with Gasteiger partial charge in [-0.05, 0) is 70.6 Å². The highest BCUT2D eigenvalue weighted by molar-refractivity contribution is 14.1. The van der Waals surface area contributed by atoms with Gasteiger partial charge in [0, 0.05) is 12.5 Å². The average molecular weight is 577 g/mol. The highest BCUT2D eigenvalue weighted by Gasteiger charge is 2.31. The summed E-state index contributed by atoms with van der Waals surface area (Å²) < 4.78 is 46.6. The van der Waals surface area contributed by atoms with E-state index in [9.17, 15) is 22.8 Å². The molecular weight excluding hydrogens is 562 g/mol. The minimum absolute atomic E-state index is 0.0303. The van der Waals surface area contributed by atoms with E-state index in [0.29, 0.717) is 20.4 Å². The lowest BCUT2D eigenvalue weighted by atomic mass is 10.1. The first-order valence-electron chi connectivity index (χ1n) is 9.85. The Kier molecular flexibility index (Phi) is 6.51. The molecular formula is C24H15F3IN3O3. The molecule has 0 saturated carbocycles. The van der Waals surface area contributed by atoms with Crippen molar-refractivity contribution < 1.29 is 22.7 Å². The van der Waals surface area contributed by atoms with Crippen molar-refractivity contribution in [2.75, 3.05) is 0 Å². The molecule has 4 rings (SSSR count). The third kappa shape index (κ3) is 5.01. The Morgan fingerprint density at radius 1 is 1.09 bits per heavy atom. The fourth-order valence-corrected chi connectivity index (χ4v) is 3.86. The highest BCUT2D eigenvalue weighted by atomic mass is 127. The van der Waals surface area contributed by atoms with Gasteiger partial charge < -0.3 is 4.74 Å². The number of hydrogen-bond donors (Lipinski definition) is 0. The second-order valence-corrected chi connectivity index (χ2v) is 8.34. The van der Waals surface area contributed by atoms with Crippen LogP contribution in [0.1, 0.15) is 18.1 Å². The van der Waals surface area contributed by atoms with Gasteiger partial charge in [-0.15, -0.1) is 0 Å². The van der Waals surface area contributed by atoms with Crippen molar-refractivity contribution in [3.8, 4) is 17.1 Å². The van der Waals surface area contributed by atoms with Crippen LogP contribution in [-0.2, 0) is 11.0 Å². The van der Waals surface area contributed by atoms with Crippen molar-refractivity contribution in [1.29, 1.82) is 0 Å². The van der Waals surface area contributed by atoms with E-state index in [4.69, 9.17) is 4.74 Å². The number of carbonyl (C=O) groups is 1. The molecule has 172 valence electrons. The molecule has 1 heterocycles. The second kappa shape index (κ2) is 9.37. The molecule has 0 N–H and O–H groups in total. The number of benzene rings is 3. The molecule has 0 atom stereocenters. The summed E-state index contributed by atoms with van der Waals surface area (Å²) in [6.45, 7) is 1.29. The molecule has 6 nitrogen and oxygen atoms in total. The third-order valence-electron chi connectivity index (χ3n) is 4.73. The number of rotatable bonds is 4. The van der Waals surface area contributed by atoms with Gasteiger partial charge in [0.25, 0.3) is 5.56 Å². The molecule has 0 bridgehead atoms. The van der Waals surface area contributed by atoms with Gasteiger partial charge in [0.15, 0.2) is 5.82 Å². The zero-order chi connectivity index (χ0) is 24.5. The van der Waals surface area contributed by atoms with Crippen LogP contribution in [0.2, 0.25) is 0 Å². The Bertz CT molecular complexity index is 1500. The summed E-state index contributed by atoms with van der Waals surface area (Å²) in [5.41, 5.74) is -0.379. The van der Waals surface area contributed by atoms with Gasteiger partial charge in [0.05, 0.1) is 26.3 Å². The number of hydrogen-bond acceptors (Lipinski definition) is 5. The van der Waals surface area contributed by atoms with Crippen LogP contribution in [0.25, 0.3) is 22.3 Å². The second-order valence-electron chi connectivity index (χ2n) is 7.18. The lowest BCUT2D eigenvalue weighted by Gasteiger charge is -2.12. The summed E-state index contributed by atoms with van der Waals surface area (Å²) in [5, 5.41) is 4.52. The van der Waals surface area contributed by atoms with E-state index >= 15 is 0 Å². The van der Waals surface area contributed by atoms with Gasteiger partial charge in [-0.3, -0.25) is 9.59 Å². The van der Waals surface area contributed by atoms with Crippen molar-refractivity contribution in [2.24, 2.45) is 5.10 Å². The van der Waals surface area contributed by atoms with Gasteiger partial charge in [0.2, 0.25) is 0 Å². The van der Waals surface area contributed by atoms with Crippen LogP contribution in [0.5, 0.6) is 5.75 Å². The van der Waals surface area contributed by atoms with Crippen molar-refractivity contribution >= 4 is 45.7 Å². The van der Waals surface area contributed by atoms with Crippen molar-refractivity contribution in [3.05, 3.63) is 91.8 Å². The molecule has 0 radical (unpaired) electrons. The van der Waals surface area contributed by atoms with Crippen LogP contribution in [0, 0.1) is 3.57 Å². The molecule has 10 heteroatoms. The fraction of sp³-hybridized carbons (Fsp3) is 0.0833. The summed E-state index contributed by atoms with van der Waals surface area (Å²) in [4.78, 5) is 28.8.